The Labute approximate surface area is 172 Å². The predicted octanol–water partition coefficient (Wildman–Crippen LogP) is 4.94. The van der Waals surface area contributed by atoms with Crippen LogP contribution in [0.4, 0.5) is 0 Å². The van der Waals surface area contributed by atoms with Crippen LogP contribution in [-0.4, -0.2) is 47.5 Å². The van der Waals surface area contributed by atoms with Gasteiger partial charge in [0.1, 0.15) is 0 Å². The van der Waals surface area contributed by atoms with E-state index in [-0.39, 0.29) is 12.0 Å². The maximum Gasteiger partial charge on any atom is 0.0682 e. The van der Waals surface area contributed by atoms with Gasteiger partial charge in [-0.2, -0.15) is 0 Å². The molecule has 0 unspecified atom stereocenters. The molecule has 0 saturated heterocycles. The summed E-state index contributed by atoms with van der Waals surface area (Å²) in [6, 6.07) is 0. The van der Waals surface area contributed by atoms with Crippen molar-refractivity contribution in [1.82, 2.24) is 4.90 Å². The molecule has 160 valence electrons. The molecule has 5 atom stereocenters. The number of aliphatic hydroxyl groups excluding tert-OH is 1. The van der Waals surface area contributed by atoms with E-state index < -0.39 is 5.60 Å². The Morgan fingerprint density at radius 1 is 1.18 bits per heavy atom. The maximum absolute atomic E-state index is 10.8. The van der Waals surface area contributed by atoms with Crippen LogP contribution in [0.2, 0.25) is 0 Å². The Morgan fingerprint density at radius 3 is 2.64 bits per heavy atom. The Bertz CT molecular complexity index is 545. The van der Waals surface area contributed by atoms with E-state index >= 15 is 0 Å². The normalized spacial score (nSPS) is 33.0. The van der Waals surface area contributed by atoms with Crippen molar-refractivity contribution in [3.05, 3.63) is 23.8 Å². The molecule has 3 heteroatoms. The van der Waals surface area contributed by atoms with E-state index in [0.29, 0.717) is 17.8 Å². The first kappa shape index (κ1) is 22.1. The number of aliphatic hydroxyl groups is 2. The van der Waals surface area contributed by atoms with Crippen LogP contribution in [0, 0.1) is 23.7 Å². The van der Waals surface area contributed by atoms with Gasteiger partial charge in [0.2, 0.25) is 0 Å². The fourth-order valence-electron chi connectivity index (χ4n) is 5.93. The van der Waals surface area contributed by atoms with Crippen molar-refractivity contribution in [3.63, 3.8) is 0 Å². The smallest absolute Gasteiger partial charge is 0.0682 e. The van der Waals surface area contributed by atoms with Gasteiger partial charge in [0.05, 0.1) is 11.7 Å². The first-order valence-corrected chi connectivity index (χ1v) is 11.8. The number of rotatable bonds is 10. The van der Waals surface area contributed by atoms with Gasteiger partial charge < -0.3 is 15.1 Å². The molecule has 2 N–H and O–H groups in total. The minimum atomic E-state index is -0.582. The molecule has 3 aliphatic carbocycles. The number of nitrogens with zero attached hydrogens (tertiary/aromatic N) is 1. The molecule has 3 rings (SSSR count). The van der Waals surface area contributed by atoms with E-state index in [2.05, 4.69) is 37.2 Å². The lowest BCUT2D eigenvalue weighted by Crippen LogP contribution is -2.32. The number of allylic oxidation sites excluding steroid dienone is 2. The second-order valence-electron chi connectivity index (χ2n) is 10.3. The van der Waals surface area contributed by atoms with Crippen molar-refractivity contribution in [3.8, 4) is 0 Å². The van der Waals surface area contributed by atoms with Crippen LogP contribution in [0.5, 0.6) is 0 Å². The van der Waals surface area contributed by atoms with Crippen molar-refractivity contribution >= 4 is 0 Å². The van der Waals surface area contributed by atoms with Gasteiger partial charge >= 0.3 is 0 Å². The average molecular weight is 390 g/mol. The molecule has 3 nitrogen and oxygen atoms in total. The lowest BCUT2D eigenvalue weighted by atomic mass is 9.83. The maximum atomic E-state index is 10.8. The Hall–Kier alpha value is -0.640. The highest BCUT2D eigenvalue weighted by Crippen LogP contribution is 2.48. The van der Waals surface area contributed by atoms with Crippen LogP contribution in [-0.2, 0) is 0 Å². The molecule has 0 spiro atoms. The average Bonchev–Trinajstić information content (AvgIpc) is 3.33. The molecule has 0 heterocycles. The third-order valence-corrected chi connectivity index (χ3v) is 7.68. The summed E-state index contributed by atoms with van der Waals surface area (Å²) in [4.78, 5) is 2.27. The molecule has 3 aliphatic rings. The molecule has 0 bridgehead atoms. The Balaban J connectivity index is 1.44. The molecule has 0 aromatic rings. The summed E-state index contributed by atoms with van der Waals surface area (Å²) in [5.41, 5.74) is 1.05. The largest absolute Gasteiger partial charge is 0.392 e. The Morgan fingerprint density at radius 2 is 1.93 bits per heavy atom. The summed E-state index contributed by atoms with van der Waals surface area (Å²) in [7, 11) is 4.29. The summed E-state index contributed by atoms with van der Waals surface area (Å²) >= 11 is 0. The first-order valence-electron chi connectivity index (χ1n) is 11.8. The molecular formula is C25H43NO2. The summed E-state index contributed by atoms with van der Waals surface area (Å²) in [6.45, 7) is 3.20. The van der Waals surface area contributed by atoms with Gasteiger partial charge in [0.25, 0.3) is 0 Å². The number of fused-ring (bicyclic) bond motifs is 1. The zero-order valence-electron chi connectivity index (χ0n) is 18.4. The zero-order valence-corrected chi connectivity index (χ0v) is 18.4. The van der Waals surface area contributed by atoms with E-state index in [1.807, 2.05) is 6.92 Å². The van der Waals surface area contributed by atoms with Crippen molar-refractivity contribution in [1.29, 1.82) is 0 Å². The molecular weight excluding hydrogens is 346 g/mol. The lowest BCUT2D eigenvalue weighted by Gasteiger charge is -2.29. The van der Waals surface area contributed by atoms with Crippen LogP contribution in [0.1, 0.15) is 77.6 Å². The second-order valence-corrected chi connectivity index (χ2v) is 10.3. The van der Waals surface area contributed by atoms with Gasteiger partial charge in [-0.1, -0.05) is 43.1 Å². The minimum absolute atomic E-state index is 0.208. The summed E-state index contributed by atoms with van der Waals surface area (Å²) in [6.07, 6.45) is 19.5. The third-order valence-electron chi connectivity index (χ3n) is 7.68. The van der Waals surface area contributed by atoms with Gasteiger partial charge in [0.15, 0.2) is 0 Å². The minimum Gasteiger partial charge on any atom is -0.392 e. The van der Waals surface area contributed by atoms with Gasteiger partial charge in [-0.05, 0) is 96.7 Å². The molecule has 2 fully saturated rings. The zero-order chi connectivity index (χ0) is 20.1. The highest BCUT2D eigenvalue weighted by Gasteiger charge is 2.43. The lowest BCUT2D eigenvalue weighted by molar-refractivity contribution is 0.00416. The molecule has 0 aromatic carbocycles. The molecule has 0 aliphatic heterocycles. The van der Waals surface area contributed by atoms with E-state index in [4.69, 9.17) is 0 Å². The molecule has 0 amide bonds. The third kappa shape index (κ3) is 5.70. The van der Waals surface area contributed by atoms with Crippen LogP contribution in [0.3, 0.4) is 0 Å². The van der Waals surface area contributed by atoms with Gasteiger partial charge in [0, 0.05) is 5.92 Å². The highest BCUT2D eigenvalue weighted by molar-refractivity contribution is 5.20. The molecule has 0 radical (unpaired) electrons. The monoisotopic (exact) mass is 389 g/mol. The van der Waals surface area contributed by atoms with E-state index in [1.54, 1.807) is 5.57 Å². The van der Waals surface area contributed by atoms with Crippen LogP contribution < -0.4 is 0 Å². The number of hydrogen-bond donors (Lipinski definition) is 2. The van der Waals surface area contributed by atoms with E-state index in [9.17, 15) is 10.2 Å². The van der Waals surface area contributed by atoms with Gasteiger partial charge in [-0.25, -0.2) is 0 Å². The summed E-state index contributed by atoms with van der Waals surface area (Å²) in [5.74, 6) is 1.87. The topological polar surface area (TPSA) is 43.7 Å². The SMILES string of the molecule is CN(C)CCCCCC1=C[C@H]2C[C@@H](O)[C@H](C=CC[C@@](C)(O)C3CCCC3)[C@H]2C1. The van der Waals surface area contributed by atoms with Gasteiger partial charge in [-0.15, -0.1) is 0 Å². The Kier molecular flexibility index (Phi) is 7.81. The van der Waals surface area contributed by atoms with Crippen molar-refractivity contribution in [2.45, 2.75) is 89.3 Å². The van der Waals surface area contributed by atoms with Crippen LogP contribution in [0.25, 0.3) is 0 Å². The van der Waals surface area contributed by atoms with E-state index in [1.165, 1.54) is 64.3 Å². The highest BCUT2D eigenvalue weighted by atomic mass is 16.3. The van der Waals surface area contributed by atoms with Crippen LogP contribution >= 0.6 is 0 Å². The molecule has 28 heavy (non-hydrogen) atoms. The fourth-order valence-corrected chi connectivity index (χ4v) is 5.93. The van der Waals surface area contributed by atoms with Crippen molar-refractivity contribution in [2.75, 3.05) is 20.6 Å². The fraction of sp³-hybridized carbons (Fsp3) is 0.840. The second kappa shape index (κ2) is 9.91. The molecule has 0 aromatic heterocycles. The van der Waals surface area contributed by atoms with Crippen molar-refractivity contribution < 1.29 is 10.2 Å². The number of hydrogen-bond acceptors (Lipinski definition) is 3. The first-order chi connectivity index (χ1) is 13.4. The van der Waals surface area contributed by atoms with Crippen molar-refractivity contribution in [2.24, 2.45) is 23.7 Å². The van der Waals surface area contributed by atoms with E-state index in [0.717, 1.165) is 12.8 Å². The quantitative estimate of drug-likeness (QED) is 0.411. The van der Waals surface area contributed by atoms with Crippen LogP contribution in [0.15, 0.2) is 23.8 Å². The summed E-state index contributed by atoms with van der Waals surface area (Å²) in [5, 5.41) is 21.4. The number of unbranched alkanes of at least 4 members (excludes halogenated alkanes) is 2. The standard InChI is InChI=1S/C25H43NO2/c1-25(28,21-11-6-7-12-21)14-9-13-22-23-17-19(16-20(23)18-24(22)27)10-5-4-8-15-26(2)3/h9,13,16,20-24,27-28H,4-8,10-12,14-15,17-18H2,1-3H3/t20-,22+,23-,24+,25+/m0/s1. The predicted molar refractivity (Wildman–Crippen MR) is 117 cm³/mol. The van der Waals surface area contributed by atoms with Gasteiger partial charge in [-0.3, -0.25) is 0 Å². The molecule has 2 saturated carbocycles. The summed E-state index contributed by atoms with van der Waals surface area (Å²) < 4.78 is 0.